The van der Waals surface area contributed by atoms with Crippen LogP contribution in [0.4, 0.5) is 10.1 Å². The molecular formula is C33H27FN2O5. The summed E-state index contributed by atoms with van der Waals surface area (Å²) in [6.07, 6.45) is 4.51. The Hall–Kier alpha value is -5.50. The molecule has 0 aromatic heterocycles. The average Bonchev–Trinajstić information content (AvgIpc) is 3.01. The number of carbonyl (C=O) groups excluding carboxylic acids is 3. The van der Waals surface area contributed by atoms with Crippen LogP contribution in [0.3, 0.4) is 0 Å². The summed E-state index contributed by atoms with van der Waals surface area (Å²) in [7, 11) is 3.10. The van der Waals surface area contributed by atoms with Gasteiger partial charge in [-0.3, -0.25) is 14.4 Å². The van der Waals surface area contributed by atoms with Gasteiger partial charge in [0.1, 0.15) is 23.0 Å². The van der Waals surface area contributed by atoms with E-state index in [4.69, 9.17) is 9.47 Å². The highest BCUT2D eigenvalue weighted by Gasteiger charge is 2.15. The molecule has 0 radical (unpaired) electrons. The van der Waals surface area contributed by atoms with Crippen LogP contribution in [0.15, 0.2) is 109 Å². The smallest absolute Gasteiger partial charge is 0.272 e. The maximum atomic E-state index is 13.4. The fraction of sp³-hybridized carbons (Fsp3) is 0.0606. The van der Waals surface area contributed by atoms with E-state index < -0.39 is 17.6 Å². The van der Waals surface area contributed by atoms with Gasteiger partial charge >= 0.3 is 0 Å². The van der Waals surface area contributed by atoms with Gasteiger partial charge in [-0.05, 0) is 90.5 Å². The van der Waals surface area contributed by atoms with Crippen molar-refractivity contribution in [2.24, 2.45) is 0 Å². The summed E-state index contributed by atoms with van der Waals surface area (Å²) in [6.45, 7) is 0. The van der Waals surface area contributed by atoms with Crippen LogP contribution in [0, 0.1) is 5.82 Å². The first-order chi connectivity index (χ1) is 19.9. The molecule has 0 unspecified atom stereocenters. The number of ether oxygens (including phenoxy) is 2. The normalized spacial score (nSPS) is 11.1. The molecule has 41 heavy (non-hydrogen) atoms. The van der Waals surface area contributed by atoms with E-state index in [1.807, 2.05) is 0 Å². The molecule has 0 saturated heterocycles. The van der Waals surface area contributed by atoms with Gasteiger partial charge in [-0.2, -0.15) is 0 Å². The number of hydrogen-bond acceptors (Lipinski definition) is 5. The van der Waals surface area contributed by atoms with Gasteiger partial charge in [0.05, 0.1) is 14.2 Å². The minimum Gasteiger partial charge on any atom is -0.497 e. The monoisotopic (exact) mass is 550 g/mol. The SMILES string of the molecule is COc1ccc(OC)c(/C=C/C(=O)c2ccc(NC(=O)/C(=C/c3ccc(F)cc3)NC(=O)c3ccccc3)cc2)c1. The molecule has 0 saturated carbocycles. The maximum Gasteiger partial charge on any atom is 0.272 e. The Labute approximate surface area is 236 Å². The van der Waals surface area contributed by atoms with Crippen LogP contribution < -0.4 is 20.1 Å². The van der Waals surface area contributed by atoms with Crippen molar-refractivity contribution in [1.82, 2.24) is 5.32 Å². The Morgan fingerprint density at radius 3 is 2.15 bits per heavy atom. The third kappa shape index (κ3) is 7.77. The average molecular weight is 551 g/mol. The van der Waals surface area contributed by atoms with E-state index in [-0.39, 0.29) is 11.5 Å². The van der Waals surface area contributed by atoms with Crippen molar-refractivity contribution >= 4 is 35.4 Å². The van der Waals surface area contributed by atoms with E-state index >= 15 is 0 Å². The molecule has 2 N–H and O–H groups in total. The molecule has 0 atom stereocenters. The summed E-state index contributed by atoms with van der Waals surface area (Å²) >= 11 is 0. The quantitative estimate of drug-likeness (QED) is 0.183. The highest BCUT2D eigenvalue weighted by Crippen LogP contribution is 2.25. The lowest BCUT2D eigenvalue weighted by Crippen LogP contribution is -2.30. The zero-order chi connectivity index (χ0) is 29.2. The standard InChI is InChI=1S/C33H27FN2O5/c1-40-28-17-19-31(41-2)25(21-28)12-18-30(37)23-10-15-27(16-11-23)35-33(39)29(20-22-8-13-26(34)14-9-22)36-32(38)24-6-4-3-5-7-24/h3-21H,1-2H3,(H,35,39)(H,36,38)/b18-12+,29-20-. The number of allylic oxidation sites excluding steroid dienone is 1. The van der Waals surface area contributed by atoms with Crippen LogP contribution in [0.5, 0.6) is 11.5 Å². The Kier molecular flexibility index (Phi) is 9.41. The summed E-state index contributed by atoms with van der Waals surface area (Å²) in [5.74, 6) is -0.520. The molecule has 0 bridgehead atoms. The molecule has 0 aliphatic heterocycles. The minimum absolute atomic E-state index is 0.0409. The van der Waals surface area contributed by atoms with Crippen molar-refractivity contribution in [3.63, 3.8) is 0 Å². The highest BCUT2D eigenvalue weighted by atomic mass is 19.1. The van der Waals surface area contributed by atoms with Crippen LogP contribution in [-0.4, -0.2) is 31.8 Å². The Morgan fingerprint density at radius 1 is 0.780 bits per heavy atom. The van der Waals surface area contributed by atoms with E-state index in [1.165, 1.54) is 36.4 Å². The van der Waals surface area contributed by atoms with E-state index in [0.29, 0.717) is 39.4 Å². The maximum absolute atomic E-state index is 13.4. The van der Waals surface area contributed by atoms with E-state index in [9.17, 15) is 18.8 Å². The lowest BCUT2D eigenvalue weighted by molar-refractivity contribution is -0.113. The van der Waals surface area contributed by atoms with Gasteiger partial charge in [0.25, 0.3) is 11.8 Å². The van der Waals surface area contributed by atoms with Gasteiger partial charge in [-0.25, -0.2) is 4.39 Å². The fourth-order valence-corrected chi connectivity index (χ4v) is 3.82. The molecule has 0 heterocycles. The van der Waals surface area contributed by atoms with Crippen molar-refractivity contribution in [2.45, 2.75) is 0 Å². The highest BCUT2D eigenvalue weighted by molar-refractivity contribution is 6.11. The summed E-state index contributed by atoms with van der Waals surface area (Å²) < 4.78 is 24.0. The molecule has 2 amide bonds. The molecule has 4 aromatic rings. The number of anilines is 1. The van der Waals surface area contributed by atoms with Crippen LogP contribution in [0.25, 0.3) is 12.2 Å². The van der Waals surface area contributed by atoms with Gasteiger partial charge in [-0.15, -0.1) is 0 Å². The first-order valence-corrected chi connectivity index (χ1v) is 12.6. The number of ketones is 1. The van der Waals surface area contributed by atoms with Crippen molar-refractivity contribution in [3.05, 3.63) is 137 Å². The van der Waals surface area contributed by atoms with E-state index in [2.05, 4.69) is 10.6 Å². The van der Waals surface area contributed by atoms with Gasteiger partial charge in [0, 0.05) is 22.4 Å². The van der Waals surface area contributed by atoms with Crippen molar-refractivity contribution < 1.29 is 28.2 Å². The molecule has 0 aliphatic rings. The fourth-order valence-electron chi connectivity index (χ4n) is 3.82. The molecule has 0 spiro atoms. The van der Waals surface area contributed by atoms with Crippen LogP contribution >= 0.6 is 0 Å². The van der Waals surface area contributed by atoms with E-state index in [0.717, 1.165) is 0 Å². The first-order valence-electron chi connectivity index (χ1n) is 12.6. The number of nitrogens with one attached hydrogen (secondary N) is 2. The van der Waals surface area contributed by atoms with Gasteiger partial charge < -0.3 is 20.1 Å². The molecule has 206 valence electrons. The molecule has 8 heteroatoms. The number of carbonyl (C=O) groups is 3. The zero-order valence-electron chi connectivity index (χ0n) is 22.4. The van der Waals surface area contributed by atoms with E-state index in [1.54, 1.807) is 93.1 Å². The minimum atomic E-state index is -0.595. The van der Waals surface area contributed by atoms with Gasteiger partial charge in [0.2, 0.25) is 0 Å². The second kappa shape index (κ2) is 13.5. The van der Waals surface area contributed by atoms with Gasteiger partial charge in [0.15, 0.2) is 5.78 Å². The number of amides is 2. The Balaban J connectivity index is 1.49. The Morgan fingerprint density at radius 2 is 1.49 bits per heavy atom. The number of hydrogen-bond donors (Lipinski definition) is 2. The molecule has 4 rings (SSSR count). The molecule has 4 aromatic carbocycles. The third-order valence-electron chi connectivity index (χ3n) is 5.99. The molecular weight excluding hydrogens is 523 g/mol. The topological polar surface area (TPSA) is 93.7 Å². The van der Waals surface area contributed by atoms with Gasteiger partial charge in [-0.1, -0.05) is 30.3 Å². The number of halogens is 1. The number of methoxy groups -OCH3 is 2. The Bertz CT molecular complexity index is 1600. The number of benzene rings is 4. The predicted octanol–water partition coefficient (Wildman–Crippen LogP) is 6.15. The number of rotatable bonds is 10. The second-order valence-corrected chi connectivity index (χ2v) is 8.77. The lowest BCUT2D eigenvalue weighted by Gasteiger charge is -2.12. The molecule has 7 nitrogen and oxygen atoms in total. The van der Waals surface area contributed by atoms with Crippen molar-refractivity contribution in [2.75, 3.05) is 19.5 Å². The summed E-state index contributed by atoms with van der Waals surface area (Å²) in [5, 5.41) is 5.36. The zero-order valence-corrected chi connectivity index (χ0v) is 22.4. The van der Waals surface area contributed by atoms with Crippen LogP contribution in [-0.2, 0) is 4.79 Å². The van der Waals surface area contributed by atoms with Crippen molar-refractivity contribution in [3.8, 4) is 11.5 Å². The molecule has 0 fully saturated rings. The summed E-state index contributed by atoms with van der Waals surface area (Å²) in [6, 6.07) is 25.5. The van der Waals surface area contributed by atoms with Crippen LogP contribution in [0.1, 0.15) is 31.8 Å². The van der Waals surface area contributed by atoms with Crippen LogP contribution in [0.2, 0.25) is 0 Å². The lowest BCUT2D eigenvalue weighted by atomic mass is 10.1. The summed E-state index contributed by atoms with van der Waals surface area (Å²) in [4.78, 5) is 38.7. The summed E-state index contributed by atoms with van der Waals surface area (Å²) in [5.41, 5.74) is 2.34. The predicted molar refractivity (Wildman–Crippen MR) is 156 cm³/mol. The van der Waals surface area contributed by atoms with Crippen molar-refractivity contribution in [1.29, 1.82) is 0 Å². The first kappa shape index (κ1) is 28.5. The largest absolute Gasteiger partial charge is 0.497 e. The third-order valence-corrected chi connectivity index (χ3v) is 5.99. The molecule has 0 aliphatic carbocycles. The second-order valence-electron chi connectivity index (χ2n) is 8.77.